The second kappa shape index (κ2) is 9.70. The van der Waals surface area contributed by atoms with Gasteiger partial charge in [-0.05, 0) is 35.2 Å². The highest BCUT2D eigenvalue weighted by molar-refractivity contribution is 5.78. The molecule has 5 N–H and O–H groups in total. The number of piperazine rings is 1. The summed E-state index contributed by atoms with van der Waals surface area (Å²) in [7, 11) is 0. The van der Waals surface area contributed by atoms with Crippen LogP contribution in [0.3, 0.4) is 0 Å². The number of hydrogen-bond acceptors (Lipinski definition) is 8. The molecule has 4 rings (SSSR count). The molecule has 180 valence electrons. The summed E-state index contributed by atoms with van der Waals surface area (Å²) in [5, 5.41) is 38.9. The van der Waals surface area contributed by atoms with Gasteiger partial charge in [-0.25, -0.2) is 4.57 Å². The smallest absolute Gasteiger partial charge is 0.319 e. The number of phenols is 2. The SMILES string of the molecule is CC(C)c1cc(-c2nnc(O)n2-c2ccc(CN3CCN(C(=O)CN)CC3)cc2)c(O)cc1O. The van der Waals surface area contributed by atoms with Crippen LogP contribution in [0.4, 0.5) is 0 Å². The zero-order valence-electron chi connectivity index (χ0n) is 19.3. The fourth-order valence-corrected chi connectivity index (χ4v) is 4.22. The van der Waals surface area contributed by atoms with Crippen LogP contribution in [0.5, 0.6) is 17.5 Å². The molecule has 1 fully saturated rings. The van der Waals surface area contributed by atoms with Gasteiger partial charge in [0, 0.05) is 38.8 Å². The first-order chi connectivity index (χ1) is 16.3. The second-order valence-corrected chi connectivity index (χ2v) is 8.77. The number of amides is 1. The molecule has 0 unspecified atom stereocenters. The Morgan fingerprint density at radius 2 is 1.68 bits per heavy atom. The molecule has 0 aliphatic carbocycles. The third-order valence-electron chi connectivity index (χ3n) is 6.15. The number of benzene rings is 2. The van der Waals surface area contributed by atoms with Gasteiger partial charge >= 0.3 is 6.01 Å². The summed E-state index contributed by atoms with van der Waals surface area (Å²) in [5.74, 6) is 0.126. The second-order valence-electron chi connectivity index (χ2n) is 8.77. The van der Waals surface area contributed by atoms with Gasteiger partial charge in [-0.2, -0.15) is 0 Å². The Labute approximate surface area is 197 Å². The molecule has 1 aliphatic heterocycles. The lowest BCUT2D eigenvalue weighted by Crippen LogP contribution is -2.49. The van der Waals surface area contributed by atoms with Crippen LogP contribution < -0.4 is 5.73 Å². The standard InChI is InChI=1S/C24H30N6O4/c1-15(2)18-11-19(21(32)12-20(18)31)23-26-27-24(34)30(23)17-5-3-16(4-6-17)14-28-7-9-29(10-8-28)22(33)13-25/h3-6,11-12,15,31-32H,7-10,13-14,25H2,1-2H3,(H,27,34). The molecule has 0 atom stereocenters. The van der Waals surface area contributed by atoms with Gasteiger partial charge in [-0.15, -0.1) is 5.10 Å². The van der Waals surface area contributed by atoms with E-state index in [1.807, 2.05) is 38.1 Å². The Morgan fingerprint density at radius 1 is 1.00 bits per heavy atom. The van der Waals surface area contributed by atoms with Crippen molar-refractivity contribution < 1.29 is 20.1 Å². The number of nitrogens with two attached hydrogens (primary N) is 1. The number of nitrogens with zero attached hydrogens (tertiary/aromatic N) is 5. The van der Waals surface area contributed by atoms with Crippen LogP contribution in [0.25, 0.3) is 17.1 Å². The van der Waals surface area contributed by atoms with Gasteiger partial charge in [0.05, 0.1) is 17.8 Å². The fourth-order valence-electron chi connectivity index (χ4n) is 4.22. The summed E-state index contributed by atoms with van der Waals surface area (Å²) in [5.41, 5.74) is 8.20. The van der Waals surface area contributed by atoms with E-state index >= 15 is 0 Å². The molecule has 2 heterocycles. The van der Waals surface area contributed by atoms with Crippen LogP contribution in [-0.2, 0) is 11.3 Å². The van der Waals surface area contributed by atoms with Crippen molar-refractivity contribution in [1.82, 2.24) is 24.6 Å². The van der Waals surface area contributed by atoms with Gasteiger partial charge in [-0.1, -0.05) is 31.1 Å². The Bertz CT molecular complexity index is 1170. The Morgan fingerprint density at radius 3 is 2.29 bits per heavy atom. The molecule has 1 amide bonds. The van der Waals surface area contributed by atoms with Crippen LogP contribution in [0, 0.1) is 0 Å². The number of rotatable bonds is 6. The highest BCUT2D eigenvalue weighted by Gasteiger charge is 2.22. The van der Waals surface area contributed by atoms with Crippen molar-refractivity contribution in [2.75, 3.05) is 32.7 Å². The van der Waals surface area contributed by atoms with E-state index in [9.17, 15) is 20.1 Å². The van der Waals surface area contributed by atoms with Crippen LogP contribution in [-0.4, -0.2) is 78.5 Å². The van der Waals surface area contributed by atoms with Crippen LogP contribution >= 0.6 is 0 Å². The average Bonchev–Trinajstić information content (AvgIpc) is 3.20. The minimum atomic E-state index is -0.304. The molecule has 0 radical (unpaired) electrons. The number of phenolic OH excluding ortho intramolecular Hbond substituents is 2. The maximum absolute atomic E-state index is 11.8. The predicted molar refractivity (Wildman–Crippen MR) is 127 cm³/mol. The van der Waals surface area contributed by atoms with E-state index in [1.165, 1.54) is 10.6 Å². The first kappa shape index (κ1) is 23.5. The number of carbonyl (C=O) groups excluding carboxylic acids is 1. The summed E-state index contributed by atoms with van der Waals surface area (Å²) >= 11 is 0. The maximum Gasteiger partial charge on any atom is 0.319 e. The van der Waals surface area contributed by atoms with Gasteiger partial charge in [0.2, 0.25) is 5.91 Å². The quantitative estimate of drug-likeness (QED) is 0.431. The summed E-state index contributed by atoms with van der Waals surface area (Å²) in [6, 6.07) is 10.3. The van der Waals surface area contributed by atoms with Crippen LogP contribution in [0.15, 0.2) is 36.4 Å². The molecular formula is C24H30N6O4. The van der Waals surface area contributed by atoms with Crippen molar-refractivity contribution in [2.45, 2.75) is 26.3 Å². The van der Waals surface area contributed by atoms with Crippen molar-refractivity contribution in [3.63, 3.8) is 0 Å². The van der Waals surface area contributed by atoms with Crippen molar-refractivity contribution in [3.8, 4) is 34.6 Å². The number of aromatic nitrogens is 3. The molecule has 1 aromatic heterocycles. The molecule has 2 aromatic carbocycles. The molecular weight excluding hydrogens is 436 g/mol. The lowest BCUT2D eigenvalue weighted by Gasteiger charge is -2.34. The third-order valence-corrected chi connectivity index (χ3v) is 6.15. The zero-order chi connectivity index (χ0) is 24.4. The highest BCUT2D eigenvalue weighted by atomic mass is 16.3. The molecule has 0 saturated carbocycles. The molecule has 34 heavy (non-hydrogen) atoms. The maximum atomic E-state index is 11.8. The lowest BCUT2D eigenvalue weighted by atomic mass is 9.98. The summed E-state index contributed by atoms with van der Waals surface area (Å²) in [6.45, 7) is 7.55. The molecule has 10 heteroatoms. The Balaban J connectivity index is 1.54. The van der Waals surface area contributed by atoms with E-state index in [4.69, 9.17) is 5.73 Å². The summed E-state index contributed by atoms with van der Waals surface area (Å²) < 4.78 is 1.46. The monoisotopic (exact) mass is 466 g/mol. The van der Waals surface area contributed by atoms with E-state index in [-0.39, 0.29) is 41.7 Å². The average molecular weight is 467 g/mol. The van der Waals surface area contributed by atoms with Gasteiger partial charge in [0.15, 0.2) is 5.82 Å². The van der Waals surface area contributed by atoms with Gasteiger partial charge < -0.3 is 26.0 Å². The highest BCUT2D eigenvalue weighted by Crippen LogP contribution is 2.38. The minimum Gasteiger partial charge on any atom is -0.508 e. The third kappa shape index (κ3) is 4.68. The van der Waals surface area contributed by atoms with Crippen LogP contribution in [0.1, 0.15) is 30.9 Å². The minimum absolute atomic E-state index is 0.00381. The van der Waals surface area contributed by atoms with E-state index in [0.717, 1.165) is 25.2 Å². The van der Waals surface area contributed by atoms with E-state index < -0.39 is 0 Å². The summed E-state index contributed by atoms with van der Waals surface area (Å²) in [4.78, 5) is 15.8. The fraction of sp³-hybridized carbons (Fsp3) is 0.375. The molecule has 0 bridgehead atoms. The predicted octanol–water partition coefficient (Wildman–Crippen LogP) is 1.78. The lowest BCUT2D eigenvalue weighted by molar-refractivity contribution is -0.131. The first-order valence-electron chi connectivity index (χ1n) is 11.3. The van der Waals surface area contributed by atoms with Crippen molar-refractivity contribution >= 4 is 5.91 Å². The largest absolute Gasteiger partial charge is 0.508 e. The van der Waals surface area contributed by atoms with Crippen LogP contribution in [0.2, 0.25) is 0 Å². The van der Waals surface area contributed by atoms with E-state index in [2.05, 4.69) is 15.1 Å². The van der Waals surface area contributed by atoms with E-state index in [1.54, 1.807) is 11.0 Å². The molecule has 1 aliphatic rings. The zero-order valence-corrected chi connectivity index (χ0v) is 19.3. The molecule has 1 saturated heterocycles. The van der Waals surface area contributed by atoms with Crippen molar-refractivity contribution in [3.05, 3.63) is 47.5 Å². The van der Waals surface area contributed by atoms with Crippen molar-refractivity contribution in [1.29, 1.82) is 0 Å². The normalized spacial score (nSPS) is 14.6. The number of carbonyl (C=O) groups is 1. The molecule has 0 spiro atoms. The molecule has 3 aromatic rings. The molecule has 10 nitrogen and oxygen atoms in total. The Kier molecular flexibility index (Phi) is 6.71. The van der Waals surface area contributed by atoms with Gasteiger partial charge in [0.1, 0.15) is 11.5 Å². The van der Waals surface area contributed by atoms with Gasteiger partial charge in [0.25, 0.3) is 0 Å². The van der Waals surface area contributed by atoms with Gasteiger partial charge in [-0.3, -0.25) is 9.69 Å². The van der Waals surface area contributed by atoms with Crippen molar-refractivity contribution in [2.24, 2.45) is 5.73 Å². The Hall–Kier alpha value is -3.63. The first-order valence-corrected chi connectivity index (χ1v) is 11.3. The van der Waals surface area contributed by atoms with E-state index in [0.29, 0.717) is 29.9 Å². The topological polar surface area (TPSA) is 141 Å². The number of hydrogen-bond donors (Lipinski definition) is 4. The summed E-state index contributed by atoms with van der Waals surface area (Å²) in [6.07, 6.45) is 0. The number of aromatic hydroxyl groups is 3.